The Hall–Kier alpha value is -1.98. The van der Waals surface area contributed by atoms with Gasteiger partial charge in [-0.2, -0.15) is 0 Å². The molecule has 0 spiro atoms. The molecule has 1 saturated carbocycles. The summed E-state index contributed by atoms with van der Waals surface area (Å²) in [5.41, 5.74) is 3.74. The van der Waals surface area contributed by atoms with Gasteiger partial charge in [-0.1, -0.05) is 29.8 Å². The molecule has 1 atom stereocenters. The van der Waals surface area contributed by atoms with E-state index in [4.69, 9.17) is 0 Å². The van der Waals surface area contributed by atoms with Crippen LogP contribution < -0.4 is 10.9 Å². The van der Waals surface area contributed by atoms with Crippen LogP contribution >= 0.6 is 11.3 Å². The Morgan fingerprint density at radius 1 is 1.22 bits per heavy atom. The van der Waals surface area contributed by atoms with Crippen molar-refractivity contribution in [2.75, 3.05) is 6.54 Å². The minimum atomic E-state index is 0.113. The Kier molecular flexibility index (Phi) is 4.37. The topological polar surface area (TPSA) is 46.9 Å². The van der Waals surface area contributed by atoms with Crippen LogP contribution in [0.3, 0.4) is 0 Å². The second-order valence-corrected chi connectivity index (χ2v) is 9.22. The van der Waals surface area contributed by atoms with Gasteiger partial charge in [0.25, 0.3) is 5.56 Å². The fourth-order valence-electron chi connectivity index (χ4n) is 4.03. The second kappa shape index (κ2) is 6.88. The van der Waals surface area contributed by atoms with E-state index in [2.05, 4.69) is 41.5 Å². The number of aromatic nitrogens is 2. The third kappa shape index (κ3) is 3.46. The van der Waals surface area contributed by atoms with Gasteiger partial charge in [0, 0.05) is 10.9 Å². The molecule has 2 heterocycles. The summed E-state index contributed by atoms with van der Waals surface area (Å²) >= 11 is 1.72. The molecule has 27 heavy (non-hydrogen) atoms. The lowest BCUT2D eigenvalue weighted by Crippen LogP contribution is -2.35. The zero-order valence-electron chi connectivity index (χ0n) is 15.7. The maximum Gasteiger partial charge on any atom is 0.262 e. The average molecular weight is 380 g/mol. The third-order valence-corrected chi connectivity index (χ3v) is 7.06. The van der Waals surface area contributed by atoms with Gasteiger partial charge in [-0.25, -0.2) is 4.98 Å². The van der Waals surface area contributed by atoms with E-state index >= 15 is 0 Å². The van der Waals surface area contributed by atoms with Crippen molar-refractivity contribution >= 4 is 21.6 Å². The van der Waals surface area contributed by atoms with Gasteiger partial charge in [0.05, 0.1) is 18.3 Å². The Morgan fingerprint density at radius 2 is 2.04 bits per heavy atom. The molecular formula is C22H25N3OS. The number of fused-ring (bicyclic) bond motifs is 3. The van der Waals surface area contributed by atoms with Gasteiger partial charge in [-0.3, -0.25) is 9.36 Å². The Balaban J connectivity index is 1.42. The van der Waals surface area contributed by atoms with Gasteiger partial charge in [0.15, 0.2) is 0 Å². The van der Waals surface area contributed by atoms with Gasteiger partial charge < -0.3 is 5.32 Å². The van der Waals surface area contributed by atoms with Crippen LogP contribution in [0.1, 0.15) is 40.8 Å². The minimum absolute atomic E-state index is 0.113. The highest BCUT2D eigenvalue weighted by atomic mass is 32.1. The zero-order valence-corrected chi connectivity index (χ0v) is 16.5. The molecule has 1 N–H and O–H groups in total. The summed E-state index contributed by atoms with van der Waals surface area (Å²) in [4.78, 5) is 20.1. The van der Waals surface area contributed by atoms with E-state index in [-0.39, 0.29) is 5.56 Å². The molecule has 140 valence electrons. The summed E-state index contributed by atoms with van der Waals surface area (Å²) in [5, 5.41) is 4.60. The van der Waals surface area contributed by atoms with Crippen molar-refractivity contribution in [1.82, 2.24) is 14.9 Å². The summed E-state index contributed by atoms with van der Waals surface area (Å²) in [6.07, 6.45) is 7.65. The first-order chi connectivity index (χ1) is 13.2. The first kappa shape index (κ1) is 17.1. The first-order valence-corrected chi connectivity index (χ1v) is 10.8. The summed E-state index contributed by atoms with van der Waals surface area (Å²) in [6, 6.07) is 8.92. The van der Waals surface area contributed by atoms with E-state index < -0.39 is 0 Å². The Bertz CT molecular complexity index is 1030. The number of hydrogen-bond acceptors (Lipinski definition) is 4. The highest BCUT2D eigenvalue weighted by Gasteiger charge is 2.27. The lowest BCUT2D eigenvalue weighted by Gasteiger charge is -2.23. The van der Waals surface area contributed by atoms with Crippen LogP contribution in [0.2, 0.25) is 0 Å². The van der Waals surface area contributed by atoms with Crippen LogP contribution in [-0.2, 0) is 19.4 Å². The van der Waals surface area contributed by atoms with Crippen LogP contribution in [0.15, 0.2) is 35.4 Å². The molecule has 0 amide bonds. The molecular weight excluding hydrogens is 354 g/mol. The fraction of sp³-hybridized carbons (Fsp3) is 0.455. The molecule has 4 nitrogen and oxygen atoms in total. The average Bonchev–Trinajstić information content (AvgIpc) is 3.43. The molecule has 1 fully saturated rings. The van der Waals surface area contributed by atoms with Crippen molar-refractivity contribution in [3.8, 4) is 0 Å². The lowest BCUT2D eigenvalue weighted by atomic mass is 9.93. The number of aryl methyl sites for hydroxylation is 2. The van der Waals surface area contributed by atoms with Crippen molar-refractivity contribution in [1.29, 1.82) is 0 Å². The van der Waals surface area contributed by atoms with Gasteiger partial charge in [0.2, 0.25) is 0 Å². The molecule has 2 aliphatic carbocycles. The number of nitrogens with one attached hydrogen (secondary N) is 1. The summed E-state index contributed by atoms with van der Waals surface area (Å²) < 4.78 is 1.76. The van der Waals surface area contributed by atoms with Gasteiger partial charge in [-0.05, 0) is 62.6 Å². The highest BCUT2D eigenvalue weighted by molar-refractivity contribution is 7.18. The van der Waals surface area contributed by atoms with Crippen LogP contribution in [0, 0.1) is 12.8 Å². The molecule has 3 aromatic rings. The van der Waals surface area contributed by atoms with Gasteiger partial charge in [0.1, 0.15) is 4.83 Å². The van der Waals surface area contributed by atoms with Crippen molar-refractivity contribution in [3.63, 3.8) is 0 Å². The summed E-state index contributed by atoms with van der Waals surface area (Å²) in [6.45, 7) is 3.82. The van der Waals surface area contributed by atoms with E-state index in [1.807, 2.05) is 0 Å². The zero-order chi connectivity index (χ0) is 18.4. The minimum Gasteiger partial charge on any atom is -0.313 e. The molecule has 5 rings (SSSR count). The lowest BCUT2D eigenvalue weighted by molar-refractivity contribution is 0.453. The first-order valence-electron chi connectivity index (χ1n) is 9.96. The van der Waals surface area contributed by atoms with Crippen molar-refractivity contribution in [2.45, 2.75) is 51.6 Å². The second-order valence-electron chi connectivity index (χ2n) is 8.14. The smallest absolute Gasteiger partial charge is 0.262 e. The maximum absolute atomic E-state index is 13.2. The Labute approximate surface area is 163 Å². The molecule has 5 heteroatoms. The van der Waals surface area contributed by atoms with Crippen molar-refractivity contribution in [3.05, 3.63) is 62.5 Å². The summed E-state index contributed by atoms with van der Waals surface area (Å²) in [5.74, 6) is 0.907. The molecule has 0 radical (unpaired) electrons. The number of thiophene rings is 1. The molecule has 0 aliphatic heterocycles. The number of nitrogens with zero attached hydrogens (tertiary/aromatic N) is 2. The standard InChI is InChI=1S/C22H25N3OS/c1-14-2-4-16(5-3-14)12-25-13-24-21-20(22(25)26)18-9-8-17(10-19(18)27-21)23-11-15-6-7-15/h2-5,13,15,17,23H,6-12H2,1H3/t17-/m1/s1. The summed E-state index contributed by atoms with van der Waals surface area (Å²) in [7, 11) is 0. The quantitative estimate of drug-likeness (QED) is 0.736. The highest BCUT2D eigenvalue weighted by Crippen LogP contribution is 2.34. The predicted octanol–water partition coefficient (Wildman–Crippen LogP) is 3.67. The molecule has 2 aliphatic rings. The van der Waals surface area contributed by atoms with Crippen LogP contribution in [0.5, 0.6) is 0 Å². The van der Waals surface area contributed by atoms with E-state index in [0.29, 0.717) is 12.6 Å². The van der Waals surface area contributed by atoms with Crippen molar-refractivity contribution < 1.29 is 0 Å². The number of rotatable bonds is 5. The largest absolute Gasteiger partial charge is 0.313 e. The monoisotopic (exact) mass is 379 g/mol. The Morgan fingerprint density at radius 3 is 2.81 bits per heavy atom. The van der Waals surface area contributed by atoms with Crippen LogP contribution in [-0.4, -0.2) is 22.1 Å². The van der Waals surface area contributed by atoms with Crippen molar-refractivity contribution in [2.24, 2.45) is 5.92 Å². The van der Waals surface area contributed by atoms with E-state index in [0.717, 1.165) is 47.5 Å². The van der Waals surface area contributed by atoms with E-state index in [1.165, 1.54) is 28.8 Å². The van der Waals surface area contributed by atoms with Crippen LogP contribution in [0.25, 0.3) is 10.2 Å². The number of hydrogen-bond donors (Lipinski definition) is 1. The molecule has 0 saturated heterocycles. The van der Waals surface area contributed by atoms with Gasteiger partial charge >= 0.3 is 0 Å². The van der Waals surface area contributed by atoms with Gasteiger partial charge in [-0.15, -0.1) is 11.3 Å². The van der Waals surface area contributed by atoms with Crippen LogP contribution in [0.4, 0.5) is 0 Å². The molecule has 2 aromatic heterocycles. The van der Waals surface area contributed by atoms with E-state index in [1.54, 1.807) is 22.2 Å². The maximum atomic E-state index is 13.2. The molecule has 0 bridgehead atoms. The third-order valence-electron chi connectivity index (χ3n) is 5.90. The number of benzene rings is 1. The fourth-order valence-corrected chi connectivity index (χ4v) is 5.29. The molecule has 0 unspecified atom stereocenters. The normalized spacial score (nSPS) is 19.4. The SMILES string of the molecule is Cc1ccc(Cn2cnc3sc4c(c3c2=O)CC[C@@H](NCC2CC2)C4)cc1. The predicted molar refractivity (Wildman–Crippen MR) is 111 cm³/mol. The van der Waals surface area contributed by atoms with E-state index in [9.17, 15) is 4.79 Å². The molecule has 1 aromatic carbocycles.